The van der Waals surface area contributed by atoms with Crippen molar-refractivity contribution in [2.24, 2.45) is 0 Å². The van der Waals surface area contributed by atoms with E-state index in [0.29, 0.717) is 5.25 Å². The van der Waals surface area contributed by atoms with E-state index >= 15 is 0 Å². The van der Waals surface area contributed by atoms with Gasteiger partial charge in [-0.25, -0.2) is 0 Å². The number of rotatable bonds is 5. The van der Waals surface area contributed by atoms with Crippen molar-refractivity contribution in [2.75, 3.05) is 5.75 Å². The normalized spacial score (nSPS) is 13.2. The van der Waals surface area contributed by atoms with Crippen LogP contribution in [0.4, 0.5) is 0 Å². The summed E-state index contributed by atoms with van der Waals surface area (Å²) in [6, 6.07) is 3.93. The standard InChI is InChI=1S/C9H14OS2/c1-2-9(11)7-12-6-8-4-3-5-10-8/h3-5,9,11H,2,6-7H2,1H3. The summed E-state index contributed by atoms with van der Waals surface area (Å²) in [6.45, 7) is 2.16. The Hall–Kier alpha value is -0.0200. The second-order valence-electron chi connectivity index (χ2n) is 2.66. The highest BCUT2D eigenvalue weighted by atomic mass is 32.2. The summed E-state index contributed by atoms with van der Waals surface area (Å²) in [5.41, 5.74) is 0. The van der Waals surface area contributed by atoms with E-state index < -0.39 is 0 Å². The predicted octanol–water partition coefficient (Wildman–Crippen LogP) is 3.22. The predicted molar refractivity (Wildman–Crippen MR) is 57.9 cm³/mol. The maximum absolute atomic E-state index is 5.20. The van der Waals surface area contributed by atoms with Gasteiger partial charge in [0.05, 0.1) is 12.0 Å². The van der Waals surface area contributed by atoms with E-state index in [9.17, 15) is 0 Å². The first-order chi connectivity index (χ1) is 5.83. The average molecular weight is 202 g/mol. The fourth-order valence-electron chi connectivity index (χ4n) is 0.808. The topological polar surface area (TPSA) is 13.1 Å². The van der Waals surface area contributed by atoms with Crippen LogP contribution in [0.5, 0.6) is 0 Å². The van der Waals surface area contributed by atoms with Gasteiger partial charge in [0, 0.05) is 11.0 Å². The maximum Gasteiger partial charge on any atom is 0.113 e. The molecule has 0 saturated heterocycles. The quantitative estimate of drug-likeness (QED) is 0.736. The van der Waals surface area contributed by atoms with Gasteiger partial charge in [-0.05, 0) is 18.6 Å². The molecule has 0 N–H and O–H groups in total. The van der Waals surface area contributed by atoms with E-state index in [1.54, 1.807) is 6.26 Å². The Labute approximate surface area is 83.3 Å². The van der Waals surface area contributed by atoms with Gasteiger partial charge in [0.15, 0.2) is 0 Å². The summed E-state index contributed by atoms with van der Waals surface area (Å²) in [4.78, 5) is 0. The molecule has 0 saturated carbocycles. The van der Waals surface area contributed by atoms with Crippen molar-refractivity contribution >= 4 is 24.4 Å². The van der Waals surface area contributed by atoms with Gasteiger partial charge in [-0.2, -0.15) is 24.4 Å². The Morgan fingerprint density at radius 1 is 1.67 bits per heavy atom. The first-order valence-corrected chi connectivity index (χ1v) is 5.78. The van der Waals surface area contributed by atoms with Crippen LogP contribution >= 0.6 is 24.4 Å². The molecule has 1 aromatic rings. The van der Waals surface area contributed by atoms with Crippen LogP contribution < -0.4 is 0 Å². The second kappa shape index (κ2) is 5.60. The average Bonchev–Trinajstić information content (AvgIpc) is 2.57. The van der Waals surface area contributed by atoms with E-state index in [1.165, 1.54) is 0 Å². The van der Waals surface area contributed by atoms with Crippen molar-refractivity contribution < 1.29 is 4.42 Å². The van der Waals surface area contributed by atoms with Crippen LogP contribution in [0.25, 0.3) is 0 Å². The molecule has 0 aromatic carbocycles. The molecule has 0 radical (unpaired) electrons. The minimum absolute atomic E-state index is 0.518. The summed E-state index contributed by atoms with van der Waals surface area (Å²) in [5.74, 6) is 3.11. The third-order valence-electron chi connectivity index (χ3n) is 1.61. The Morgan fingerprint density at radius 3 is 3.08 bits per heavy atom. The zero-order chi connectivity index (χ0) is 8.81. The summed E-state index contributed by atoms with van der Waals surface area (Å²) in [7, 11) is 0. The molecule has 1 nitrogen and oxygen atoms in total. The Bertz CT molecular complexity index is 196. The van der Waals surface area contributed by atoms with Crippen LogP contribution in [0.3, 0.4) is 0 Å². The van der Waals surface area contributed by atoms with E-state index in [1.807, 2.05) is 23.9 Å². The number of thiol groups is 1. The van der Waals surface area contributed by atoms with Crippen LogP contribution in [0.15, 0.2) is 22.8 Å². The van der Waals surface area contributed by atoms with Gasteiger partial charge >= 0.3 is 0 Å². The van der Waals surface area contributed by atoms with E-state index in [4.69, 9.17) is 4.42 Å². The fourth-order valence-corrected chi connectivity index (χ4v) is 2.12. The van der Waals surface area contributed by atoms with Crippen molar-refractivity contribution in [3.63, 3.8) is 0 Å². The van der Waals surface area contributed by atoms with Gasteiger partial charge in [0.25, 0.3) is 0 Å². The highest BCUT2D eigenvalue weighted by Gasteiger charge is 2.00. The molecule has 0 aliphatic heterocycles. The lowest BCUT2D eigenvalue weighted by molar-refractivity contribution is 0.530. The minimum atomic E-state index is 0.518. The molecule has 0 spiro atoms. The summed E-state index contributed by atoms with van der Waals surface area (Å²) in [6.07, 6.45) is 2.85. The van der Waals surface area contributed by atoms with Crippen LogP contribution in [0, 0.1) is 0 Å². The first kappa shape index (κ1) is 10.1. The SMILES string of the molecule is CCC(S)CSCc1ccco1. The monoisotopic (exact) mass is 202 g/mol. The van der Waals surface area contributed by atoms with Gasteiger partial charge in [-0.3, -0.25) is 0 Å². The number of hydrogen-bond donors (Lipinski definition) is 1. The zero-order valence-electron chi connectivity index (χ0n) is 7.19. The third kappa shape index (κ3) is 3.59. The van der Waals surface area contributed by atoms with E-state index in [0.717, 1.165) is 23.7 Å². The third-order valence-corrected chi connectivity index (χ3v) is 3.53. The molecular weight excluding hydrogens is 188 g/mol. The van der Waals surface area contributed by atoms with Gasteiger partial charge in [-0.1, -0.05) is 6.92 Å². The first-order valence-electron chi connectivity index (χ1n) is 4.11. The second-order valence-corrected chi connectivity index (χ2v) is 4.42. The van der Waals surface area contributed by atoms with Gasteiger partial charge in [0.2, 0.25) is 0 Å². The zero-order valence-corrected chi connectivity index (χ0v) is 8.91. The number of thioether (sulfide) groups is 1. The Kier molecular flexibility index (Phi) is 4.69. The molecule has 1 atom stereocenters. The molecule has 0 amide bonds. The smallest absolute Gasteiger partial charge is 0.113 e. The van der Waals surface area contributed by atoms with Crippen LogP contribution in [-0.4, -0.2) is 11.0 Å². The molecule has 12 heavy (non-hydrogen) atoms. The van der Waals surface area contributed by atoms with Crippen molar-refractivity contribution in [3.8, 4) is 0 Å². The molecule has 3 heteroatoms. The van der Waals surface area contributed by atoms with E-state index in [2.05, 4.69) is 19.6 Å². The molecule has 0 aliphatic carbocycles. The van der Waals surface area contributed by atoms with Crippen LogP contribution in [0.1, 0.15) is 19.1 Å². The Morgan fingerprint density at radius 2 is 2.50 bits per heavy atom. The molecule has 1 rings (SSSR count). The highest BCUT2D eigenvalue weighted by Crippen LogP contribution is 2.16. The number of furan rings is 1. The lowest BCUT2D eigenvalue weighted by Crippen LogP contribution is -1.99. The van der Waals surface area contributed by atoms with Gasteiger partial charge < -0.3 is 4.42 Å². The fraction of sp³-hybridized carbons (Fsp3) is 0.556. The molecule has 0 bridgehead atoms. The van der Waals surface area contributed by atoms with Crippen LogP contribution in [-0.2, 0) is 5.75 Å². The Balaban J connectivity index is 2.11. The molecule has 0 aliphatic rings. The minimum Gasteiger partial charge on any atom is -0.468 e. The van der Waals surface area contributed by atoms with Gasteiger partial charge in [-0.15, -0.1) is 0 Å². The molecule has 1 unspecified atom stereocenters. The van der Waals surface area contributed by atoms with Crippen LogP contribution in [0.2, 0.25) is 0 Å². The summed E-state index contributed by atoms with van der Waals surface area (Å²) >= 11 is 6.28. The lowest BCUT2D eigenvalue weighted by Gasteiger charge is -2.04. The highest BCUT2D eigenvalue weighted by molar-refractivity contribution is 7.99. The van der Waals surface area contributed by atoms with Crippen molar-refractivity contribution in [1.29, 1.82) is 0 Å². The van der Waals surface area contributed by atoms with Crippen molar-refractivity contribution in [2.45, 2.75) is 24.3 Å². The largest absolute Gasteiger partial charge is 0.468 e. The summed E-state index contributed by atoms with van der Waals surface area (Å²) in [5, 5.41) is 0.518. The molecule has 68 valence electrons. The molecule has 1 heterocycles. The van der Waals surface area contributed by atoms with Crippen molar-refractivity contribution in [1.82, 2.24) is 0 Å². The summed E-state index contributed by atoms with van der Waals surface area (Å²) < 4.78 is 5.20. The molecular formula is C9H14OS2. The van der Waals surface area contributed by atoms with E-state index in [-0.39, 0.29) is 0 Å². The number of hydrogen-bond acceptors (Lipinski definition) is 3. The maximum atomic E-state index is 5.20. The molecule has 0 fully saturated rings. The van der Waals surface area contributed by atoms with Crippen molar-refractivity contribution in [3.05, 3.63) is 24.2 Å². The molecule has 1 aromatic heterocycles. The van der Waals surface area contributed by atoms with Gasteiger partial charge in [0.1, 0.15) is 5.76 Å². The lowest BCUT2D eigenvalue weighted by atomic mass is 10.4.